The average Bonchev–Trinajstić information content (AvgIpc) is 3.57. The van der Waals surface area contributed by atoms with E-state index in [9.17, 15) is 14.7 Å². The quantitative estimate of drug-likeness (QED) is 0.224. The standard InChI is InChI=1S/C29H22BrN3O4S/c1-15-4-10-20-23(12-15)38-29(31-20)33-25(16-5-8-19(9-6-16)32(2)3)24(27(35)28(33)36)26(34)22-14-17-13-18(30)7-11-21(17)37-22/h4-14,25,35H,1-3H3. The predicted octanol–water partition coefficient (Wildman–Crippen LogP) is 6.96. The number of rotatable bonds is 5. The highest BCUT2D eigenvalue weighted by Crippen LogP contribution is 2.45. The first-order chi connectivity index (χ1) is 18.2. The molecular formula is C29H22BrN3O4S. The van der Waals surface area contributed by atoms with Crippen molar-refractivity contribution < 1.29 is 19.1 Å². The molecule has 1 amide bonds. The number of aryl methyl sites for hydroxylation is 1. The molecule has 38 heavy (non-hydrogen) atoms. The van der Waals surface area contributed by atoms with Crippen molar-refractivity contribution in [3.63, 3.8) is 0 Å². The molecule has 1 N–H and O–H groups in total. The van der Waals surface area contributed by atoms with Crippen LogP contribution in [-0.2, 0) is 4.79 Å². The van der Waals surface area contributed by atoms with Crippen LogP contribution in [0.3, 0.4) is 0 Å². The average molecular weight is 588 g/mol. The molecule has 0 bridgehead atoms. The van der Waals surface area contributed by atoms with Crippen molar-refractivity contribution in [3.8, 4) is 0 Å². The molecule has 3 aromatic carbocycles. The van der Waals surface area contributed by atoms with Gasteiger partial charge < -0.3 is 14.4 Å². The van der Waals surface area contributed by atoms with Crippen LogP contribution in [0.4, 0.5) is 10.8 Å². The topological polar surface area (TPSA) is 86.9 Å². The maximum atomic E-state index is 13.9. The van der Waals surface area contributed by atoms with Gasteiger partial charge in [0.1, 0.15) is 5.58 Å². The molecule has 0 radical (unpaired) electrons. The number of Topliss-reactive ketones (excluding diaryl/α,β-unsaturated/α-hetero) is 1. The number of halogens is 1. The number of nitrogens with zero attached hydrogens (tertiary/aromatic N) is 3. The van der Waals surface area contributed by atoms with Gasteiger partial charge in [-0.15, -0.1) is 0 Å². The van der Waals surface area contributed by atoms with Gasteiger partial charge in [-0.25, -0.2) is 4.98 Å². The van der Waals surface area contributed by atoms with Crippen LogP contribution in [0.25, 0.3) is 21.2 Å². The minimum atomic E-state index is -0.882. The third kappa shape index (κ3) is 3.99. The molecule has 3 heterocycles. The van der Waals surface area contributed by atoms with Crippen LogP contribution in [0.1, 0.15) is 27.7 Å². The van der Waals surface area contributed by atoms with E-state index < -0.39 is 23.5 Å². The zero-order chi connectivity index (χ0) is 26.7. The van der Waals surface area contributed by atoms with Crippen molar-refractivity contribution in [1.29, 1.82) is 0 Å². The Morgan fingerprint density at radius 3 is 2.58 bits per heavy atom. The molecule has 0 saturated heterocycles. The Labute approximate surface area is 230 Å². The number of aromatic nitrogens is 1. The summed E-state index contributed by atoms with van der Waals surface area (Å²) in [5.74, 6) is -1.79. The lowest BCUT2D eigenvalue weighted by Gasteiger charge is -2.25. The molecular weight excluding hydrogens is 566 g/mol. The molecule has 5 aromatic rings. The number of carbonyl (C=O) groups excluding carboxylic acids is 2. The first-order valence-electron chi connectivity index (χ1n) is 11.9. The lowest BCUT2D eigenvalue weighted by Crippen LogP contribution is -2.31. The Morgan fingerprint density at radius 1 is 1.08 bits per heavy atom. The Kier molecular flexibility index (Phi) is 5.85. The maximum absolute atomic E-state index is 13.9. The van der Waals surface area contributed by atoms with Crippen molar-refractivity contribution in [1.82, 2.24) is 4.98 Å². The summed E-state index contributed by atoms with van der Waals surface area (Å²) in [5, 5.41) is 12.3. The van der Waals surface area contributed by atoms with E-state index >= 15 is 0 Å². The number of thiazole rings is 1. The van der Waals surface area contributed by atoms with E-state index in [0.717, 1.165) is 31.3 Å². The minimum absolute atomic E-state index is 0.0406. The fourth-order valence-electron chi connectivity index (χ4n) is 4.69. The molecule has 9 heteroatoms. The van der Waals surface area contributed by atoms with Gasteiger partial charge in [-0.2, -0.15) is 0 Å². The summed E-state index contributed by atoms with van der Waals surface area (Å²) in [5.41, 5.74) is 3.94. The van der Waals surface area contributed by atoms with E-state index in [2.05, 4.69) is 15.9 Å². The number of hydrogen-bond donors (Lipinski definition) is 1. The molecule has 1 aliphatic heterocycles. The number of ketones is 1. The first kappa shape index (κ1) is 24.4. The number of carbonyl (C=O) groups is 2. The summed E-state index contributed by atoms with van der Waals surface area (Å²) in [7, 11) is 3.87. The smallest absolute Gasteiger partial charge is 0.296 e. The van der Waals surface area contributed by atoms with Crippen LogP contribution in [0.5, 0.6) is 0 Å². The maximum Gasteiger partial charge on any atom is 0.296 e. The SMILES string of the molecule is Cc1ccc2nc(N3C(=O)C(O)=C(C(=O)c4cc5cc(Br)ccc5o4)C3c3ccc(N(C)C)cc3)sc2c1. The summed E-state index contributed by atoms with van der Waals surface area (Å²) in [4.78, 5) is 35.5. The van der Waals surface area contributed by atoms with Gasteiger partial charge in [0.05, 0.1) is 21.8 Å². The monoisotopic (exact) mass is 587 g/mol. The van der Waals surface area contributed by atoms with Crippen LogP contribution in [0.15, 0.2) is 87.0 Å². The molecule has 7 nitrogen and oxygen atoms in total. The van der Waals surface area contributed by atoms with E-state index in [1.807, 2.05) is 80.5 Å². The van der Waals surface area contributed by atoms with Gasteiger partial charge in [-0.05, 0) is 66.6 Å². The molecule has 0 aliphatic carbocycles. The molecule has 0 spiro atoms. The van der Waals surface area contributed by atoms with Crippen molar-refractivity contribution in [3.05, 3.63) is 99.4 Å². The molecule has 190 valence electrons. The zero-order valence-electron chi connectivity index (χ0n) is 20.7. The van der Waals surface area contributed by atoms with Gasteiger partial charge in [0.15, 0.2) is 16.7 Å². The number of benzene rings is 3. The van der Waals surface area contributed by atoms with Gasteiger partial charge >= 0.3 is 0 Å². The van der Waals surface area contributed by atoms with Gasteiger partial charge in [0.25, 0.3) is 5.91 Å². The second-order valence-electron chi connectivity index (χ2n) is 9.42. The third-order valence-electron chi connectivity index (χ3n) is 6.62. The van der Waals surface area contributed by atoms with Gasteiger partial charge in [0.2, 0.25) is 5.78 Å². The van der Waals surface area contributed by atoms with Crippen LogP contribution >= 0.6 is 27.3 Å². The Hall–Kier alpha value is -3.95. The summed E-state index contributed by atoms with van der Waals surface area (Å²) in [6.07, 6.45) is 0. The third-order valence-corrected chi connectivity index (χ3v) is 8.13. The van der Waals surface area contributed by atoms with Crippen LogP contribution < -0.4 is 9.80 Å². The highest BCUT2D eigenvalue weighted by Gasteiger charge is 2.46. The molecule has 0 fully saturated rings. The number of amides is 1. The largest absolute Gasteiger partial charge is 0.503 e. The normalized spacial score (nSPS) is 15.7. The number of aliphatic hydroxyl groups is 1. The minimum Gasteiger partial charge on any atom is -0.503 e. The summed E-state index contributed by atoms with van der Waals surface area (Å²) in [6, 6.07) is 19.6. The molecule has 6 rings (SSSR count). The molecule has 1 atom stereocenters. The first-order valence-corrected chi connectivity index (χ1v) is 13.5. The molecule has 1 aliphatic rings. The lowest BCUT2D eigenvalue weighted by molar-refractivity contribution is -0.117. The highest BCUT2D eigenvalue weighted by atomic mass is 79.9. The predicted molar refractivity (Wildman–Crippen MR) is 153 cm³/mol. The molecule has 0 saturated carbocycles. The van der Waals surface area contributed by atoms with Crippen LogP contribution in [0, 0.1) is 6.92 Å². The van der Waals surface area contributed by atoms with Crippen molar-refractivity contribution in [2.24, 2.45) is 0 Å². The fraction of sp³-hybridized carbons (Fsp3) is 0.138. The van der Waals surface area contributed by atoms with E-state index in [0.29, 0.717) is 16.3 Å². The summed E-state index contributed by atoms with van der Waals surface area (Å²) in [6.45, 7) is 1.99. The van der Waals surface area contributed by atoms with E-state index in [4.69, 9.17) is 9.40 Å². The summed E-state index contributed by atoms with van der Waals surface area (Å²) < 4.78 is 7.61. The number of fused-ring (bicyclic) bond motifs is 2. The van der Waals surface area contributed by atoms with Gasteiger partial charge in [-0.1, -0.05) is 45.5 Å². The molecule has 2 aromatic heterocycles. The lowest BCUT2D eigenvalue weighted by atomic mass is 9.95. The number of furan rings is 1. The van der Waals surface area contributed by atoms with Gasteiger partial charge in [0, 0.05) is 29.6 Å². The van der Waals surface area contributed by atoms with E-state index in [1.54, 1.807) is 12.1 Å². The zero-order valence-corrected chi connectivity index (χ0v) is 23.1. The van der Waals surface area contributed by atoms with Gasteiger partial charge in [-0.3, -0.25) is 14.5 Å². The Morgan fingerprint density at radius 2 is 1.84 bits per heavy atom. The number of hydrogen-bond acceptors (Lipinski definition) is 7. The van der Waals surface area contributed by atoms with Crippen molar-refractivity contribution >= 4 is 71.0 Å². The summed E-state index contributed by atoms with van der Waals surface area (Å²) >= 11 is 4.78. The van der Waals surface area contributed by atoms with Crippen LogP contribution in [0.2, 0.25) is 0 Å². The van der Waals surface area contributed by atoms with E-state index in [-0.39, 0.29) is 11.3 Å². The highest BCUT2D eigenvalue weighted by molar-refractivity contribution is 9.10. The number of aliphatic hydroxyl groups excluding tert-OH is 1. The van der Waals surface area contributed by atoms with Crippen molar-refractivity contribution in [2.75, 3.05) is 23.9 Å². The fourth-order valence-corrected chi connectivity index (χ4v) is 6.16. The Balaban J connectivity index is 1.50. The van der Waals surface area contributed by atoms with Crippen LogP contribution in [-0.4, -0.2) is 35.9 Å². The second-order valence-corrected chi connectivity index (χ2v) is 11.3. The molecule has 1 unspecified atom stereocenters. The van der Waals surface area contributed by atoms with Crippen molar-refractivity contribution in [2.45, 2.75) is 13.0 Å². The number of anilines is 2. The Bertz CT molecular complexity index is 1790. The van der Waals surface area contributed by atoms with E-state index in [1.165, 1.54) is 16.2 Å². The second kappa shape index (κ2) is 9.11.